The van der Waals surface area contributed by atoms with Crippen LogP contribution in [0.15, 0.2) is 12.2 Å². The van der Waals surface area contributed by atoms with Crippen molar-refractivity contribution >= 4 is 11.9 Å². The Morgan fingerprint density at radius 1 is 0.864 bits per heavy atom. The van der Waals surface area contributed by atoms with Crippen LogP contribution in [0.3, 0.4) is 0 Å². The molecule has 0 aromatic heterocycles. The molecule has 2 rings (SSSR count). The van der Waals surface area contributed by atoms with E-state index in [1.165, 1.54) is 0 Å². The Labute approximate surface area is 124 Å². The number of hydrogen-bond donors (Lipinski definition) is 0. The lowest BCUT2D eigenvalue weighted by molar-refractivity contribution is -0.143. The maximum atomic E-state index is 13.4. The van der Waals surface area contributed by atoms with E-state index in [4.69, 9.17) is 0 Å². The first kappa shape index (κ1) is 16.8. The van der Waals surface area contributed by atoms with E-state index in [0.717, 1.165) is 26.0 Å². The maximum Gasteiger partial charge on any atom is 0.302 e. The van der Waals surface area contributed by atoms with Crippen molar-refractivity contribution in [3.63, 3.8) is 0 Å². The largest absolute Gasteiger partial charge is 0.465 e. The van der Waals surface area contributed by atoms with Crippen molar-refractivity contribution in [2.24, 2.45) is 23.7 Å². The van der Waals surface area contributed by atoms with Gasteiger partial charge < -0.3 is 9.47 Å². The molecule has 0 aromatic carbocycles. The molecule has 0 aromatic rings. The number of esters is 2. The summed E-state index contributed by atoms with van der Waals surface area (Å²) in [7, 11) is 0. The van der Waals surface area contributed by atoms with Gasteiger partial charge in [0.15, 0.2) is 0 Å². The van der Waals surface area contributed by atoms with Crippen molar-refractivity contribution < 1.29 is 36.6 Å². The number of allylic oxidation sites excluding steroid dienone is 2. The summed E-state index contributed by atoms with van der Waals surface area (Å²) in [6, 6.07) is 0. The summed E-state index contributed by atoms with van der Waals surface area (Å²) in [6.45, 7) is 1.34. The monoisotopic (exact) mass is 324 g/mol. The van der Waals surface area contributed by atoms with Gasteiger partial charge in [0, 0.05) is 13.8 Å². The zero-order valence-corrected chi connectivity index (χ0v) is 12.0. The topological polar surface area (TPSA) is 52.6 Å². The second kappa shape index (κ2) is 5.55. The molecule has 0 unspecified atom stereocenters. The smallest absolute Gasteiger partial charge is 0.302 e. The van der Waals surface area contributed by atoms with Gasteiger partial charge >= 0.3 is 11.9 Å². The molecule has 2 aliphatic carbocycles. The Kier molecular flexibility index (Phi) is 4.23. The summed E-state index contributed by atoms with van der Waals surface area (Å²) in [5, 5.41) is 0. The van der Waals surface area contributed by atoms with Crippen LogP contribution in [0.4, 0.5) is 17.6 Å². The minimum Gasteiger partial charge on any atom is -0.465 e. The Bertz CT molecular complexity index is 459. The number of rotatable bonds is 6. The number of halogens is 4. The molecular weight excluding hydrogens is 308 g/mol. The highest BCUT2D eigenvalue weighted by molar-refractivity contribution is 5.66. The Hall–Kier alpha value is -1.60. The molecule has 0 N–H and O–H groups in total. The molecule has 0 heterocycles. The molecule has 2 aliphatic rings. The Balaban J connectivity index is 1.87. The van der Waals surface area contributed by atoms with Gasteiger partial charge in [-0.05, 0) is 0 Å². The van der Waals surface area contributed by atoms with Crippen molar-refractivity contribution in [2.75, 3.05) is 13.2 Å². The fraction of sp³-hybridized carbons (Fsp3) is 0.714. The predicted molar refractivity (Wildman–Crippen MR) is 66.3 cm³/mol. The number of carbonyl (C=O) groups is 2. The molecule has 4 nitrogen and oxygen atoms in total. The first-order valence-electron chi connectivity index (χ1n) is 6.79. The molecule has 124 valence electrons. The van der Waals surface area contributed by atoms with Gasteiger partial charge in [-0.15, -0.1) is 0 Å². The highest BCUT2D eigenvalue weighted by Crippen LogP contribution is 2.59. The molecule has 22 heavy (non-hydrogen) atoms. The lowest BCUT2D eigenvalue weighted by Gasteiger charge is -1.98. The van der Waals surface area contributed by atoms with Gasteiger partial charge in [0.2, 0.25) is 0 Å². The van der Waals surface area contributed by atoms with Gasteiger partial charge in [-0.2, -0.15) is 0 Å². The predicted octanol–water partition coefficient (Wildman–Crippen LogP) is 2.43. The van der Waals surface area contributed by atoms with E-state index in [2.05, 4.69) is 9.47 Å². The van der Waals surface area contributed by atoms with Crippen LogP contribution in [0, 0.1) is 23.7 Å². The standard InChI is InChI=1S/C14H16F4O4/c1-7(19)21-5-11-9(13(11,15)16)3-4-10-12(14(10,17)18)6-22-8(2)20/h3-4,9-12H,5-6H2,1-2H3/b4-3+/t9-,10-,11-,12-/m1/s1. The second-order valence-electron chi connectivity index (χ2n) is 5.60. The maximum absolute atomic E-state index is 13.4. The average Bonchev–Trinajstić information content (AvgIpc) is 3.11. The molecule has 8 heteroatoms. The molecule has 0 bridgehead atoms. The van der Waals surface area contributed by atoms with Crippen molar-refractivity contribution in [1.29, 1.82) is 0 Å². The van der Waals surface area contributed by atoms with Crippen LogP contribution in [0.1, 0.15) is 13.8 Å². The van der Waals surface area contributed by atoms with Gasteiger partial charge in [0.05, 0.1) is 23.7 Å². The summed E-state index contributed by atoms with van der Waals surface area (Å²) >= 11 is 0. The van der Waals surface area contributed by atoms with Crippen LogP contribution in [-0.2, 0) is 19.1 Å². The fourth-order valence-electron chi connectivity index (χ4n) is 2.44. The molecule has 0 saturated heterocycles. The van der Waals surface area contributed by atoms with Gasteiger partial charge in [-0.25, -0.2) is 17.6 Å². The average molecular weight is 324 g/mol. The SMILES string of the molecule is CC(=O)OC[C@@H]1[C@@H](/C=C/[C@@H]2[C@@H](COC(C)=O)C2(F)F)C1(F)F. The number of hydrogen-bond acceptors (Lipinski definition) is 4. The van der Waals surface area contributed by atoms with E-state index in [9.17, 15) is 27.2 Å². The summed E-state index contributed by atoms with van der Waals surface area (Å²) in [5.74, 6) is -12.2. The minimum atomic E-state index is -3.05. The van der Waals surface area contributed by atoms with E-state index < -0.39 is 60.7 Å². The van der Waals surface area contributed by atoms with Crippen LogP contribution < -0.4 is 0 Å². The molecule has 4 atom stereocenters. The van der Waals surface area contributed by atoms with Crippen LogP contribution >= 0.6 is 0 Å². The molecule has 0 radical (unpaired) electrons. The third kappa shape index (κ3) is 3.25. The first-order valence-corrected chi connectivity index (χ1v) is 6.79. The molecule has 2 fully saturated rings. The van der Waals surface area contributed by atoms with E-state index in [1.54, 1.807) is 0 Å². The highest BCUT2D eigenvalue weighted by Gasteiger charge is 2.70. The zero-order valence-electron chi connectivity index (χ0n) is 12.0. The number of ether oxygens (including phenoxy) is 2. The highest BCUT2D eigenvalue weighted by atomic mass is 19.3. The van der Waals surface area contributed by atoms with E-state index in [0.29, 0.717) is 0 Å². The van der Waals surface area contributed by atoms with E-state index in [-0.39, 0.29) is 0 Å². The first-order chi connectivity index (χ1) is 10.1. The molecule has 2 saturated carbocycles. The third-order valence-corrected chi connectivity index (χ3v) is 3.98. The van der Waals surface area contributed by atoms with Crippen molar-refractivity contribution in [3.8, 4) is 0 Å². The Morgan fingerprint density at radius 2 is 1.18 bits per heavy atom. The van der Waals surface area contributed by atoms with Crippen LogP contribution in [0.25, 0.3) is 0 Å². The van der Waals surface area contributed by atoms with Crippen LogP contribution in [-0.4, -0.2) is 37.0 Å². The summed E-state index contributed by atoms with van der Waals surface area (Å²) in [6.07, 6.45) is 2.08. The van der Waals surface area contributed by atoms with E-state index >= 15 is 0 Å². The molecular formula is C14H16F4O4. The summed E-state index contributed by atoms with van der Waals surface area (Å²) in [5.41, 5.74) is 0. The van der Waals surface area contributed by atoms with Crippen molar-refractivity contribution in [2.45, 2.75) is 25.7 Å². The van der Waals surface area contributed by atoms with Gasteiger partial charge in [0.25, 0.3) is 11.8 Å². The minimum absolute atomic E-state index is 0.435. The lowest BCUT2D eigenvalue weighted by atomic mass is 10.2. The summed E-state index contributed by atoms with van der Waals surface area (Å²) in [4.78, 5) is 21.2. The lowest BCUT2D eigenvalue weighted by Crippen LogP contribution is -2.06. The van der Waals surface area contributed by atoms with Gasteiger partial charge in [-0.1, -0.05) is 12.2 Å². The van der Waals surface area contributed by atoms with Crippen molar-refractivity contribution in [1.82, 2.24) is 0 Å². The molecule has 0 aliphatic heterocycles. The third-order valence-electron chi connectivity index (χ3n) is 3.98. The molecule has 0 amide bonds. The van der Waals surface area contributed by atoms with Crippen LogP contribution in [0.2, 0.25) is 0 Å². The fourth-order valence-corrected chi connectivity index (χ4v) is 2.44. The normalized spacial score (nSPS) is 34.3. The van der Waals surface area contributed by atoms with Crippen LogP contribution in [0.5, 0.6) is 0 Å². The van der Waals surface area contributed by atoms with Gasteiger partial charge in [0.1, 0.15) is 13.2 Å². The van der Waals surface area contributed by atoms with E-state index in [1.807, 2.05) is 0 Å². The van der Waals surface area contributed by atoms with Gasteiger partial charge in [-0.3, -0.25) is 9.59 Å². The Morgan fingerprint density at radius 3 is 1.45 bits per heavy atom. The second-order valence-corrected chi connectivity index (χ2v) is 5.60. The number of alkyl halides is 4. The molecule has 0 spiro atoms. The number of carbonyl (C=O) groups excluding carboxylic acids is 2. The van der Waals surface area contributed by atoms with Crippen molar-refractivity contribution in [3.05, 3.63) is 12.2 Å². The summed E-state index contributed by atoms with van der Waals surface area (Å²) < 4.78 is 62.8. The quantitative estimate of drug-likeness (QED) is 0.428. The zero-order chi connectivity index (χ0) is 16.7.